The fourth-order valence-corrected chi connectivity index (χ4v) is 2.20. The summed E-state index contributed by atoms with van der Waals surface area (Å²) >= 11 is 0. The Labute approximate surface area is 115 Å². The molecule has 0 spiro atoms. The van der Waals surface area contributed by atoms with E-state index >= 15 is 0 Å². The third-order valence-electron chi connectivity index (χ3n) is 3.46. The second kappa shape index (κ2) is 8.87. The van der Waals surface area contributed by atoms with Gasteiger partial charge in [-0.05, 0) is 13.0 Å². The largest absolute Gasteiger partial charge is 0.481 e. The lowest BCUT2D eigenvalue weighted by Gasteiger charge is -2.37. The van der Waals surface area contributed by atoms with Crippen molar-refractivity contribution in [2.45, 2.75) is 38.8 Å². The molecule has 0 aliphatic rings. The highest BCUT2D eigenvalue weighted by Crippen LogP contribution is 2.21. The van der Waals surface area contributed by atoms with Crippen LogP contribution in [0.3, 0.4) is 0 Å². The Morgan fingerprint density at radius 1 is 1.42 bits per heavy atom. The van der Waals surface area contributed by atoms with Crippen LogP contribution >= 0.6 is 0 Å². The minimum absolute atomic E-state index is 0.0692. The topological polar surface area (TPSA) is 78.9 Å². The SMILES string of the molecule is CCC(C)C(C(CC(=O)O)OC)N(C)C(=O)CNC. The van der Waals surface area contributed by atoms with Gasteiger partial charge in [0.2, 0.25) is 5.91 Å². The molecule has 0 fully saturated rings. The van der Waals surface area contributed by atoms with E-state index in [1.807, 2.05) is 13.8 Å². The quantitative estimate of drug-likeness (QED) is 0.642. The standard InChI is InChI=1S/C13H26N2O4/c1-6-9(2)13(10(19-5)7-12(17)18)15(4)11(16)8-14-3/h9-10,13-14H,6-8H2,1-5H3,(H,17,18). The first-order valence-corrected chi connectivity index (χ1v) is 6.53. The van der Waals surface area contributed by atoms with E-state index in [1.165, 1.54) is 7.11 Å². The van der Waals surface area contributed by atoms with E-state index in [0.29, 0.717) is 0 Å². The lowest BCUT2D eigenvalue weighted by atomic mass is 9.91. The molecule has 0 aromatic rings. The molecule has 0 aromatic carbocycles. The van der Waals surface area contributed by atoms with Gasteiger partial charge in [-0.15, -0.1) is 0 Å². The maximum Gasteiger partial charge on any atom is 0.306 e. The van der Waals surface area contributed by atoms with Crippen LogP contribution in [-0.2, 0) is 14.3 Å². The van der Waals surface area contributed by atoms with Gasteiger partial charge in [-0.2, -0.15) is 0 Å². The van der Waals surface area contributed by atoms with Gasteiger partial charge in [-0.1, -0.05) is 20.3 Å². The predicted molar refractivity (Wildman–Crippen MR) is 73.0 cm³/mol. The smallest absolute Gasteiger partial charge is 0.306 e. The number of hydrogen-bond acceptors (Lipinski definition) is 4. The molecule has 19 heavy (non-hydrogen) atoms. The fourth-order valence-electron chi connectivity index (χ4n) is 2.20. The molecule has 0 bridgehead atoms. The molecule has 112 valence electrons. The van der Waals surface area contributed by atoms with Crippen molar-refractivity contribution in [2.75, 3.05) is 27.7 Å². The van der Waals surface area contributed by atoms with Crippen LogP contribution in [0.15, 0.2) is 0 Å². The summed E-state index contributed by atoms with van der Waals surface area (Å²) in [6.07, 6.45) is 0.238. The van der Waals surface area contributed by atoms with E-state index in [0.717, 1.165) is 6.42 Å². The zero-order chi connectivity index (χ0) is 15.0. The van der Waals surface area contributed by atoms with Crippen molar-refractivity contribution in [3.8, 4) is 0 Å². The van der Waals surface area contributed by atoms with Crippen LogP contribution in [-0.4, -0.2) is 61.8 Å². The number of ether oxygens (including phenoxy) is 1. The minimum atomic E-state index is -0.922. The Balaban J connectivity index is 5.06. The number of carbonyl (C=O) groups is 2. The van der Waals surface area contributed by atoms with Crippen LogP contribution in [0, 0.1) is 5.92 Å². The van der Waals surface area contributed by atoms with Crippen LogP contribution in [0.4, 0.5) is 0 Å². The Bertz CT molecular complexity index is 296. The number of carbonyl (C=O) groups excluding carboxylic acids is 1. The number of carboxylic acids is 1. The number of rotatable bonds is 9. The molecule has 3 unspecified atom stereocenters. The fraction of sp³-hybridized carbons (Fsp3) is 0.846. The summed E-state index contributed by atoms with van der Waals surface area (Å²) in [6.45, 7) is 4.25. The summed E-state index contributed by atoms with van der Waals surface area (Å²) in [7, 11) is 4.89. The second-order valence-corrected chi connectivity index (χ2v) is 4.78. The molecular weight excluding hydrogens is 248 g/mol. The molecule has 0 aliphatic carbocycles. The molecule has 0 aliphatic heterocycles. The molecule has 0 heterocycles. The van der Waals surface area contributed by atoms with Gasteiger partial charge in [0.1, 0.15) is 0 Å². The lowest BCUT2D eigenvalue weighted by molar-refractivity contribution is -0.145. The number of hydrogen-bond donors (Lipinski definition) is 2. The van der Waals surface area contributed by atoms with Crippen molar-refractivity contribution >= 4 is 11.9 Å². The summed E-state index contributed by atoms with van der Waals surface area (Å²) < 4.78 is 5.30. The van der Waals surface area contributed by atoms with E-state index < -0.39 is 12.1 Å². The number of nitrogens with zero attached hydrogens (tertiary/aromatic N) is 1. The molecule has 6 heteroatoms. The zero-order valence-electron chi connectivity index (χ0n) is 12.5. The van der Waals surface area contributed by atoms with Crippen molar-refractivity contribution in [1.29, 1.82) is 0 Å². The van der Waals surface area contributed by atoms with Gasteiger partial charge >= 0.3 is 5.97 Å². The van der Waals surface area contributed by atoms with Gasteiger partial charge in [0.15, 0.2) is 0 Å². The highest BCUT2D eigenvalue weighted by atomic mass is 16.5. The van der Waals surface area contributed by atoms with Crippen molar-refractivity contribution in [2.24, 2.45) is 5.92 Å². The van der Waals surface area contributed by atoms with E-state index in [1.54, 1.807) is 19.0 Å². The van der Waals surface area contributed by atoms with E-state index in [9.17, 15) is 9.59 Å². The minimum Gasteiger partial charge on any atom is -0.481 e. The van der Waals surface area contributed by atoms with Gasteiger partial charge in [-0.3, -0.25) is 9.59 Å². The molecule has 0 saturated carbocycles. The number of methoxy groups -OCH3 is 1. The zero-order valence-corrected chi connectivity index (χ0v) is 12.5. The maximum absolute atomic E-state index is 12.0. The van der Waals surface area contributed by atoms with Gasteiger partial charge < -0.3 is 20.1 Å². The normalized spacial score (nSPS) is 15.6. The van der Waals surface area contributed by atoms with Crippen LogP contribution < -0.4 is 5.32 Å². The number of nitrogens with one attached hydrogen (secondary N) is 1. The molecule has 0 aromatic heterocycles. The molecule has 3 atom stereocenters. The van der Waals surface area contributed by atoms with Crippen molar-refractivity contribution in [3.05, 3.63) is 0 Å². The second-order valence-electron chi connectivity index (χ2n) is 4.78. The van der Waals surface area contributed by atoms with Crippen LogP contribution in [0.5, 0.6) is 0 Å². The van der Waals surface area contributed by atoms with Crippen molar-refractivity contribution in [3.63, 3.8) is 0 Å². The summed E-state index contributed by atoms with van der Waals surface area (Å²) in [5.41, 5.74) is 0. The highest BCUT2D eigenvalue weighted by molar-refractivity contribution is 5.78. The molecule has 2 N–H and O–H groups in total. The number of carboxylic acid groups (broad SMARTS) is 1. The van der Waals surface area contributed by atoms with Gasteiger partial charge in [0, 0.05) is 14.2 Å². The summed E-state index contributed by atoms with van der Waals surface area (Å²) in [4.78, 5) is 24.5. The molecule has 1 amide bonds. The molecule has 6 nitrogen and oxygen atoms in total. The monoisotopic (exact) mass is 274 g/mol. The van der Waals surface area contributed by atoms with Crippen molar-refractivity contribution < 1.29 is 19.4 Å². The molecule has 0 saturated heterocycles. The summed E-state index contributed by atoms with van der Waals surface area (Å²) in [5, 5.41) is 11.8. The number of aliphatic carboxylic acids is 1. The van der Waals surface area contributed by atoms with E-state index in [-0.39, 0.29) is 30.8 Å². The third-order valence-corrected chi connectivity index (χ3v) is 3.46. The van der Waals surface area contributed by atoms with E-state index in [4.69, 9.17) is 9.84 Å². The third kappa shape index (κ3) is 5.57. The molecule has 0 rings (SSSR count). The van der Waals surface area contributed by atoms with Gasteiger partial charge in [0.05, 0.1) is 25.1 Å². The number of likely N-dealkylation sites (N-methyl/N-ethyl adjacent to an activating group) is 2. The van der Waals surface area contributed by atoms with Gasteiger partial charge in [-0.25, -0.2) is 0 Å². The Morgan fingerprint density at radius 3 is 2.37 bits per heavy atom. The maximum atomic E-state index is 12.0. The molecular formula is C13H26N2O4. The Kier molecular flexibility index (Phi) is 8.34. The van der Waals surface area contributed by atoms with Crippen LogP contribution in [0.1, 0.15) is 26.7 Å². The summed E-state index contributed by atoms with van der Waals surface area (Å²) in [5.74, 6) is -0.829. The lowest BCUT2D eigenvalue weighted by Crippen LogP contribution is -2.51. The number of amides is 1. The van der Waals surface area contributed by atoms with Crippen LogP contribution in [0.2, 0.25) is 0 Å². The van der Waals surface area contributed by atoms with Crippen LogP contribution in [0.25, 0.3) is 0 Å². The highest BCUT2D eigenvalue weighted by Gasteiger charge is 2.33. The molecule has 0 radical (unpaired) electrons. The summed E-state index contributed by atoms with van der Waals surface area (Å²) in [6, 6.07) is -0.244. The first-order chi connectivity index (χ1) is 8.88. The first-order valence-electron chi connectivity index (χ1n) is 6.53. The van der Waals surface area contributed by atoms with Crippen molar-refractivity contribution in [1.82, 2.24) is 10.2 Å². The predicted octanol–water partition coefficient (Wildman–Crippen LogP) is 0.569. The Hall–Kier alpha value is -1.14. The Morgan fingerprint density at radius 2 is 2.00 bits per heavy atom. The first kappa shape index (κ1) is 17.9. The average molecular weight is 274 g/mol. The van der Waals surface area contributed by atoms with Gasteiger partial charge in [0.25, 0.3) is 0 Å². The van der Waals surface area contributed by atoms with E-state index in [2.05, 4.69) is 5.32 Å². The average Bonchev–Trinajstić information content (AvgIpc) is 2.36.